The number of nitrogens with one attached hydrogen (secondary N) is 1. The molecule has 8 heteroatoms. The Morgan fingerprint density at radius 3 is 2.64 bits per heavy atom. The summed E-state index contributed by atoms with van der Waals surface area (Å²) in [7, 11) is -3.73. The van der Waals surface area contributed by atoms with Gasteiger partial charge in [-0.25, -0.2) is 8.42 Å². The molecule has 0 aromatic heterocycles. The van der Waals surface area contributed by atoms with E-state index >= 15 is 0 Å². The quantitative estimate of drug-likeness (QED) is 0.705. The van der Waals surface area contributed by atoms with E-state index in [2.05, 4.69) is 5.32 Å². The number of carbonyl (C=O) groups is 2. The van der Waals surface area contributed by atoms with Crippen molar-refractivity contribution in [3.63, 3.8) is 0 Å². The van der Waals surface area contributed by atoms with Gasteiger partial charge in [-0.1, -0.05) is 37.3 Å². The van der Waals surface area contributed by atoms with Crippen LogP contribution >= 0.6 is 0 Å². The Labute approximate surface area is 195 Å². The molecule has 0 saturated carbocycles. The third-order valence-corrected chi connectivity index (χ3v) is 8.28. The molecule has 1 fully saturated rings. The van der Waals surface area contributed by atoms with Crippen LogP contribution in [0.5, 0.6) is 0 Å². The molecule has 7 nitrogen and oxygen atoms in total. The molecule has 0 radical (unpaired) electrons. The highest BCUT2D eigenvalue weighted by Gasteiger charge is 2.31. The van der Waals surface area contributed by atoms with Crippen LogP contribution in [0.3, 0.4) is 0 Å². The van der Waals surface area contributed by atoms with Crippen molar-refractivity contribution in [2.24, 2.45) is 5.92 Å². The van der Waals surface area contributed by atoms with Crippen molar-refractivity contribution in [1.29, 1.82) is 0 Å². The lowest BCUT2D eigenvalue weighted by atomic mass is 9.96. The molecule has 0 aliphatic carbocycles. The van der Waals surface area contributed by atoms with E-state index in [0.29, 0.717) is 44.7 Å². The van der Waals surface area contributed by atoms with Crippen molar-refractivity contribution in [2.75, 3.05) is 26.2 Å². The summed E-state index contributed by atoms with van der Waals surface area (Å²) in [4.78, 5) is 27.4. The maximum absolute atomic E-state index is 13.3. The fraction of sp³-hybridized carbons (Fsp3) is 0.440. The van der Waals surface area contributed by atoms with Crippen LogP contribution in [0.4, 0.5) is 0 Å². The van der Waals surface area contributed by atoms with Crippen LogP contribution in [0.25, 0.3) is 0 Å². The van der Waals surface area contributed by atoms with Gasteiger partial charge < -0.3 is 10.2 Å². The molecule has 1 unspecified atom stereocenters. The van der Waals surface area contributed by atoms with E-state index in [9.17, 15) is 18.0 Å². The standard InChI is InChI=1S/C25H31N3O4S/c1-2-13-26-24(29)22-10-6-14-27(17-22)25(30)20-9-5-11-23(16-20)33(31,32)28-15-12-19-7-3-4-8-21(19)18-28/h3-5,7-9,11,16,22H,2,6,10,12-15,17-18H2,1H3,(H,26,29). The topological polar surface area (TPSA) is 86.8 Å². The Hall–Kier alpha value is -2.71. The van der Waals surface area contributed by atoms with Crippen molar-refractivity contribution in [2.45, 2.75) is 44.0 Å². The minimum Gasteiger partial charge on any atom is -0.356 e. The molecule has 33 heavy (non-hydrogen) atoms. The third kappa shape index (κ3) is 5.12. The largest absolute Gasteiger partial charge is 0.356 e. The number of carbonyl (C=O) groups excluding carboxylic acids is 2. The first-order valence-electron chi connectivity index (χ1n) is 11.6. The molecule has 2 amide bonds. The van der Waals surface area contributed by atoms with Gasteiger partial charge in [0.15, 0.2) is 0 Å². The fourth-order valence-corrected chi connectivity index (χ4v) is 6.03. The van der Waals surface area contributed by atoms with E-state index in [0.717, 1.165) is 24.8 Å². The molecule has 1 N–H and O–H groups in total. The summed E-state index contributed by atoms with van der Waals surface area (Å²) in [6.45, 7) is 4.30. The van der Waals surface area contributed by atoms with Crippen LogP contribution in [0, 0.1) is 5.92 Å². The minimum atomic E-state index is -3.73. The van der Waals surface area contributed by atoms with Gasteiger partial charge in [-0.2, -0.15) is 4.31 Å². The molecular formula is C25H31N3O4S. The number of benzene rings is 2. The molecule has 0 spiro atoms. The van der Waals surface area contributed by atoms with Gasteiger partial charge in [0, 0.05) is 38.3 Å². The van der Waals surface area contributed by atoms with Crippen molar-refractivity contribution in [1.82, 2.24) is 14.5 Å². The second-order valence-corrected chi connectivity index (χ2v) is 10.7. The summed E-state index contributed by atoms with van der Waals surface area (Å²) in [5.41, 5.74) is 2.53. The first-order chi connectivity index (χ1) is 15.9. The smallest absolute Gasteiger partial charge is 0.253 e. The predicted molar refractivity (Wildman–Crippen MR) is 126 cm³/mol. The normalized spacial score (nSPS) is 19.1. The molecule has 176 valence electrons. The highest BCUT2D eigenvalue weighted by Crippen LogP contribution is 2.26. The fourth-order valence-electron chi connectivity index (χ4n) is 4.56. The second kappa shape index (κ2) is 10.1. The SMILES string of the molecule is CCCNC(=O)C1CCCN(C(=O)c2cccc(S(=O)(=O)N3CCc4ccccc4C3)c2)C1. The zero-order valence-electron chi connectivity index (χ0n) is 19.0. The molecule has 0 bridgehead atoms. The lowest BCUT2D eigenvalue weighted by Gasteiger charge is -2.32. The number of piperidine rings is 1. The molecule has 2 heterocycles. The Morgan fingerprint density at radius 2 is 1.85 bits per heavy atom. The highest BCUT2D eigenvalue weighted by atomic mass is 32.2. The average Bonchev–Trinajstić information content (AvgIpc) is 2.86. The average molecular weight is 470 g/mol. The number of hydrogen-bond donors (Lipinski definition) is 1. The number of rotatable bonds is 6. The van der Waals surface area contributed by atoms with E-state index in [1.165, 1.54) is 15.9 Å². The van der Waals surface area contributed by atoms with E-state index in [1.807, 2.05) is 31.2 Å². The maximum Gasteiger partial charge on any atom is 0.253 e. The van der Waals surface area contributed by atoms with Gasteiger partial charge in [-0.05, 0) is 55.0 Å². The maximum atomic E-state index is 13.3. The molecule has 2 aliphatic heterocycles. The Bertz CT molecular complexity index is 1130. The van der Waals surface area contributed by atoms with E-state index in [-0.39, 0.29) is 22.6 Å². The first kappa shape index (κ1) is 23.4. The van der Waals surface area contributed by atoms with Gasteiger partial charge >= 0.3 is 0 Å². The Kier molecular flexibility index (Phi) is 7.14. The zero-order chi connectivity index (χ0) is 23.4. The number of amides is 2. The summed E-state index contributed by atoms with van der Waals surface area (Å²) in [5, 5.41) is 2.91. The number of likely N-dealkylation sites (tertiary alicyclic amines) is 1. The van der Waals surface area contributed by atoms with Crippen molar-refractivity contribution >= 4 is 21.8 Å². The van der Waals surface area contributed by atoms with Gasteiger partial charge in [0.2, 0.25) is 15.9 Å². The number of nitrogens with zero attached hydrogens (tertiary/aromatic N) is 2. The van der Waals surface area contributed by atoms with Crippen LogP contribution in [0.15, 0.2) is 53.4 Å². The molecule has 4 rings (SSSR count). The summed E-state index contributed by atoms with van der Waals surface area (Å²) < 4.78 is 28.2. The number of fused-ring (bicyclic) bond motifs is 1. The number of sulfonamides is 1. The molecule has 1 atom stereocenters. The summed E-state index contributed by atoms with van der Waals surface area (Å²) in [6, 6.07) is 14.2. The molecule has 1 saturated heterocycles. The molecule has 2 aromatic carbocycles. The van der Waals surface area contributed by atoms with Crippen molar-refractivity contribution < 1.29 is 18.0 Å². The van der Waals surface area contributed by atoms with Gasteiger partial charge in [0.1, 0.15) is 0 Å². The van der Waals surface area contributed by atoms with Gasteiger partial charge in [0.05, 0.1) is 10.8 Å². The summed E-state index contributed by atoms with van der Waals surface area (Å²) in [6.07, 6.45) is 3.04. The van der Waals surface area contributed by atoms with Crippen LogP contribution in [-0.4, -0.2) is 55.6 Å². The Balaban J connectivity index is 1.49. The Morgan fingerprint density at radius 1 is 1.06 bits per heavy atom. The minimum absolute atomic E-state index is 0.0175. The molecular weight excluding hydrogens is 438 g/mol. The summed E-state index contributed by atoms with van der Waals surface area (Å²) >= 11 is 0. The van der Waals surface area contributed by atoms with Crippen LogP contribution in [0.2, 0.25) is 0 Å². The van der Waals surface area contributed by atoms with Gasteiger partial charge in [-0.15, -0.1) is 0 Å². The van der Waals surface area contributed by atoms with Crippen LogP contribution < -0.4 is 5.32 Å². The van der Waals surface area contributed by atoms with E-state index < -0.39 is 10.0 Å². The first-order valence-corrected chi connectivity index (χ1v) is 13.1. The second-order valence-electron chi connectivity index (χ2n) is 8.77. The zero-order valence-corrected chi connectivity index (χ0v) is 19.8. The predicted octanol–water partition coefficient (Wildman–Crippen LogP) is 2.81. The number of hydrogen-bond acceptors (Lipinski definition) is 4. The van der Waals surface area contributed by atoms with Gasteiger partial charge in [-0.3, -0.25) is 9.59 Å². The molecule has 2 aliphatic rings. The highest BCUT2D eigenvalue weighted by molar-refractivity contribution is 7.89. The third-order valence-electron chi connectivity index (χ3n) is 6.44. The lowest BCUT2D eigenvalue weighted by Crippen LogP contribution is -2.45. The van der Waals surface area contributed by atoms with Crippen molar-refractivity contribution in [3.8, 4) is 0 Å². The van der Waals surface area contributed by atoms with E-state index in [4.69, 9.17) is 0 Å². The lowest BCUT2D eigenvalue weighted by molar-refractivity contribution is -0.126. The van der Waals surface area contributed by atoms with Crippen LogP contribution in [0.1, 0.15) is 47.7 Å². The van der Waals surface area contributed by atoms with Crippen molar-refractivity contribution in [3.05, 3.63) is 65.2 Å². The summed E-state index contributed by atoms with van der Waals surface area (Å²) in [5.74, 6) is -0.477. The van der Waals surface area contributed by atoms with Gasteiger partial charge in [0.25, 0.3) is 5.91 Å². The monoisotopic (exact) mass is 469 g/mol. The van der Waals surface area contributed by atoms with Crippen LogP contribution in [-0.2, 0) is 27.8 Å². The van der Waals surface area contributed by atoms with E-state index in [1.54, 1.807) is 23.1 Å². The molecule has 2 aromatic rings.